The second kappa shape index (κ2) is 7.09. The summed E-state index contributed by atoms with van der Waals surface area (Å²) in [5.41, 5.74) is 6.83. The Morgan fingerprint density at radius 1 is 1.40 bits per heavy atom. The van der Waals surface area contributed by atoms with Gasteiger partial charge in [0.05, 0.1) is 7.11 Å². The molecule has 0 aliphatic rings. The van der Waals surface area contributed by atoms with E-state index in [2.05, 4.69) is 42.0 Å². The third-order valence-corrected chi connectivity index (χ3v) is 3.17. The van der Waals surface area contributed by atoms with Gasteiger partial charge in [0.15, 0.2) is 0 Å². The van der Waals surface area contributed by atoms with Crippen molar-refractivity contribution in [2.45, 2.75) is 39.7 Å². The first-order valence-corrected chi connectivity index (χ1v) is 7.39. The van der Waals surface area contributed by atoms with Gasteiger partial charge in [0.1, 0.15) is 5.75 Å². The number of amides is 1. The van der Waals surface area contributed by atoms with Crippen LogP contribution in [0, 0.1) is 5.41 Å². The lowest BCUT2D eigenvalue weighted by molar-refractivity contribution is -0.116. The fourth-order valence-corrected chi connectivity index (χ4v) is 2.53. The van der Waals surface area contributed by atoms with Crippen molar-refractivity contribution in [2.24, 2.45) is 11.1 Å². The number of methoxy groups -OCH3 is 1. The van der Waals surface area contributed by atoms with Crippen LogP contribution < -0.4 is 15.8 Å². The van der Waals surface area contributed by atoms with Crippen molar-refractivity contribution < 1.29 is 9.53 Å². The van der Waals surface area contributed by atoms with E-state index in [9.17, 15) is 4.79 Å². The van der Waals surface area contributed by atoms with Crippen LogP contribution in [0.15, 0.2) is 22.7 Å². The van der Waals surface area contributed by atoms with Crippen LogP contribution in [0.4, 0.5) is 5.69 Å². The summed E-state index contributed by atoms with van der Waals surface area (Å²) in [4.78, 5) is 12.0. The minimum absolute atomic E-state index is 0.0816. The highest BCUT2D eigenvalue weighted by Gasteiger charge is 2.18. The Balaban J connectivity index is 2.60. The van der Waals surface area contributed by atoms with Gasteiger partial charge < -0.3 is 15.8 Å². The molecule has 0 saturated carbocycles. The van der Waals surface area contributed by atoms with Gasteiger partial charge >= 0.3 is 0 Å². The Bertz CT molecular complexity index is 469. The van der Waals surface area contributed by atoms with E-state index >= 15 is 0 Å². The molecule has 112 valence electrons. The van der Waals surface area contributed by atoms with Gasteiger partial charge in [-0.3, -0.25) is 4.79 Å². The molecular weight excluding hydrogens is 320 g/mol. The number of hydrogen-bond donors (Lipinski definition) is 2. The Morgan fingerprint density at radius 3 is 2.60 bits per heavy atom. The third kappa shape index (κ3) is 6.39. The molecule has 1 unspecified atom stereocenters. The Hall–Kier alpha value is -1.07. The number of anilines is 1. The molecule has 0 fully saturated rings. The number of hydrogen-bond acceptors (Lipinski definition) is 3. The van der Waals surface area contributed by atoms with Crippen molar-refractivity contribution >= 4 is 27.5 Å². The highest BCUT2D eigenvalue weighted by Crippen LogP contribution is 2.25. The predicted octanol–water partition coefficient (Wildman–Crippen LogP) is 3.55. The second-order valence-corrected chi connectivity index (χ2v) is 7.07. The molecule has 0 aromatic heterocycles. The molecule has 0 heterocycles. The average molecular weight is 343 g/mol. The molecule has 0 saturated heterocycles. The number of benzene rings is 1. The van der Waals surface area contributed by atoms with E-state index in [-0.39, 0.29) is 17.4 Å². The molecule has 0 aliphatic carbocycles. The van der Waals surface area contributed by atoms with Gasteiger partial charge in [0.2, 0.25) is 5.91 Å². The molecule has 1 rings (SSSR count). The fourth-order valence-electron chi connectivity index (χ4n) is 2.06. The predicted molar refractivity (Wildman–Crippen MR) is 86.0 cm³/mol. The van der Waals surface area contributed by atoms with E-state index in [1.165, 1.54) is 0 Å². The van der Waals surface area contributed by atoms with Gasteiger partial charge in [-0.05, 0) is 24.0 Å². The molecule has 20 heavy (non-hydrogen) atoms. The zero-order valence-corrected chi connectivity index (χ0v) is 14.1. The summed E-state index contributed by atoms with van der Waals surface area (Å²) in [5.74, 6) is 0.607. The first kappa shape index (κ1) is 17.0. The third-order valence-electron chi connectivity index (χ3n) is 2.71. The van der Waals surface area contributed by atoms with Crippen LogP contribution in [0.25, 0.3) is 0 Å². The maximum atomic E-state index is 12.0. The smallest absolute Gasteiger partial charge is 0.225 e. The molecule has 4 nitrogen and oxygen atoms in total. The summed E-state index contributed by atoms with van der Waals surface area (Å²) in [7, 11) is 1.59. The zero-order chi connectivity index (χ0) is 15.3. The number of ether oxygens (including phenoxy) is 1. The number of rotatable bonds is 5. The van der Waals surface area contributed by atoms with Crippen LogP contribution in [-0.4, -0.2) is 19.1 Å². The first-order chi connectivity index (χ1) is 9.19. The molecule has 0 bridgehead atoms. The van der Waals surface area contributed by atoms with E-state index in [0.29, 0.717) is 17.9 Å². The van der Waals surface area contributed by atoms with E-state index in [1.807, 2.05) is 12.1 Å². The van der Waals surface area contributed by atoms with Gasteiger partial charge in [-0.2, -0.15) is 0 Å². The first-order valence-electron chi connectivity index (χ1n) is 6.59. The van der Waals surface area contributed by atoms with Crippen molar-refractivity contribution in [1.29, 1.82) is 0 Å². The van der Waals surface area contributed by atoms with Crippen molar-refractivity contribution in [2.75, 3.05) is 12.4 Å². The van der Waals surface area contributed by atoms with E-state index < -0.39 is 0 Å². The normalized spacial score (nSPS) is 12.9. The van der Waals surface area contributed by atoms with Crippen LogP contribution in [0.2, 0.25) is 0 Å². The molecule has 3 N–H and O–H groups in total. The number of carbonyl (C=O) groups is 1. The second-order valence-electron chi connectivity index (χ2n) is 6.16. The summed E-state index contributed by atoms with van der Waals surface area (Å²) in [6.45, 7) is 6.35. The summed E-state index contributed by atoms with van der Waals surface area (Å²) < 4.78 is 6.01. The summed E-state index contributed by atoms with van der Waals surface area (Å²) >= 11 is 3.38. The Morgan fingerprint density at radius 2 is 2.05 bits per heavy atom. The molecule has 1 amide bonds. The van der Waals surface area contributed by atoms with Crippen molar-refractivity contribution in [3.63, 3.8) is 0 Å². The lowest BCUT2D eigenvalue weighted by Crippen LogP contribution is -2.31. The maximum Gasteiger partial charge on any atom is 0.225 e. The quantitative estimate of drug-likeness (QED) is 0.859. The molecule has 0 radical (unpaired) electrons. The molecule has 0 aliphatic heterocycles. The van der Waals surface area contributed by atoms with Crippen molar-refractivity contribution in [1.82, 2.24) is 0 Å². The van der Waals surface area contributed by atoms with Crippen molar-refractivity contribution in [3.05, 3.63) is 22.7 Å². The van der Waals surface area contributed by atoms with Crippen LogP contribution >= 0.6 is 15.9 Å². The largest absolute Gasteiger partial charge is 0.497 e. The van der Waals surface area contributed by atoms with Gasteiger partial charge in [-0.25, -0.2) is 0 Å². The Labute approximate surface area is 129 Å². The summed E-state index contributed by atoms with van der Waals surface area (Å²) in [6, 6.07) is 5.30. The van der Waals surface area contributed by atoms with Gasteiger partial charge in [-0.15, -0.1) is 0 Å². The van der Waals surface area contributed by atoms with Crippen LogP contribution in [0.1, 0.15) is 33.6 Å². The number of nitrogens with two attached hydrogens (primary N) is 1. The SMILES string of the molecule is COc1cc(Br)cc(NC(=O)CC(N)CC(C)(C)C)c1. The molecule has 5 heteroatoms. The van der Waals surface area contributed by atoms with Crippen LogP contribution in [0.5, 0.6) is 5.75 Å². The molecule has 1 aromatic rings. The minimum atomic E-state index is -0.135. The van der Waals surface area contributed by atoms with Crippen LogP contribution in [0.3, 0.4) is 0 Å². The van der Waals surface area contributed by atoms with E-state index in [0.717, 1.165) is 10.9 Å². The Kier molecular flexibility index (Phi) is 6.02. The van der Waals surface area contributed by atoms with Gasteiger partial charge in [0.25, 0.3) is 0 Å². The fraction of sp³-hybridized carbons (Fsp3) is 0.533. The molecule has 1 atom stereocenters. The summed E-state index contributed by atoms with van der Waals surface area (Å²) in [5, 5.41) is 2.85. The van der Waals surface area contributed by atoms with E-state index in [1.54, 1.807) is 13.2 Å². The van der Waals surface area contributed by atoms with Crippen molar-refractivity contribution in [3.8, 4) is 5.75 Å². The zero-order valence-electron chi connectivity index (χ0n) is 12.5. The molecule has 0 spiro atoms. The molecule has 1 aromatic carbocycles. The average Bonchev–Trinajstić information content (AvgIpc) is 2.24. The molecular formula is C15H23BrN2O2. The number of halogens is 1. The highest BCUT2D eigenvalue weighted by molar-refractivity contribution is 9.10. The van der Waals surface area contributed by atoms with Crippen LogP contribution in [-0.2, 0) is 4.79 Å². The lowest BCUT2D eigenvalue weighted by atomic mass is 9.87. The number of nitrogens with one attached hydrogen (secondary N) is 1. The lowest BCUT2D eigenvalue weighted by Gasteiger charge is -2.22. The van der Waals surface area contributed by atoms with E-state index in [4.69, 9.17) is 10.5 Å². The number of carbonyl (C=O) groups excluding carboxylic acids is 1. The van der Waals surface area contributed by atoms with Gasteiger partial charge in [0, 0.05) is 28.7 Å². The summed E-state index contributed by atoms with van der Waals surface area (Å²) in [6.07, 6.45) is 1.12. The monoisotopic (exact) mass is 342 g/mol. The van der Waals surface area contributed by atoms with Gasteiger partial charge in [-0.1, -0.05) is 36.7 Å². The standard InChI is InChI=1S/C15H23BrN2O2/c1-15(2,3)9-11(17)7-14(19)18-12-5-10(16)6-13(8-12)20-4/h5-6,8,11H,7,9,17H2,1-4H3,(H,18,19). The maximum absolute atomic E-state index is 12.0. The minimum Gasteiger partial charge on any atom is -0.497 e. The topological polar surface area (TPSA) is 64.3 Å². The highest BCUT2D eigenvalue weighted by atomic mass is 79.9.